The standard InChI is InChI=1S/C32H33F3N8O4S/c1-18-24(8-10-43-27(18)39-40-29(43)32(33,34)35)26(31(3,4)30(44)45)21-12-22(19(2)37-15-21)16-41-17-23-7-5-6-9-42(23)28-25(48(41,46)47)11-20(13-36)14-38-28/h8,10-12,14-15,23,26H,5-7,9,16-17H2,1-4H3,(H,44,45). The number of pyridine rings is 3. The fraction of sp³-hybridized carbons (Fsp3) is 0.438. The summed E-state index contributed by atoms with van der Waals surface area (Å²) < 4.78 is 71.4. The van der Waals surface area contributed by atoms with Crippen LogP contribution in [0.1, 0.15) is 78.4 Å². The molecule has 0 aliphatic carbocycles. The highest BCUT2D eigenvalue weighted by Crippen LogP contribution is 2.44. The van der Waals surface area contributed by atoms with Crippen molar-refractivity contribution >= 4 is 27.5 Å². The lowest BCUT2D eigenvalue weighted by molar-refractivity contribution is -0.147. The summed E-state index contributed by atoms with van der Waals surface area (Å²) in [4.78, 5) is 23.6. The van der Waals surface area contributed by atoms with Crippen LogP contribution < -0.4 is 4.90 Å². The summed E-state index contributed by atoms with van der Waals surface area (Å²) in [5, 5.41) is 27.0. The van der Waals surface area contributed by atoms with E-state index in [0.717, 1.165) is 23.7 Å². The molecule has 4 aromatic heterocycles. The van der Waals surface area contributed by atoms with Gasteiger partial charge in [-0.1, -0.05) is 6.07 Å². The van der Waals surface area contributed by atoms with Gasteiger partial charge in [0.15, 0.2) is 5.65 Å². The third kappa shape index (κ3) is 5.54. The molecule has 0 radical (unpaired) electrons. The third-order valence-corrected chi connectivity index (χ3v) is 11.3. The number of carboxylic acid groups (broad SMARTS) is 1. The number of nitriles is 1. The van der Waals surface area contributed by atoms with Crippen LogP contribution in [0.2, 0.25) is 0 Å². The van der Waals surface area contributed by atoms with Crippen LogP contribution in [0.5, 0.6) is 0 Å². The number of aromatic nitrogens is 5. The van der Waals surface area contributed by atoms with E-state index in [1.165, 1.54) is 48.9 Å². The maximum absolute atomic E-state index is 14.2. The molecule has 2 aliphatic rings. The minimum absolute atomic E-state index is 0.0481. The summed E-state index contributed by atoms with van der Waals surface area (Å²) in [6.07, 6.45) is 1.86. The van der Waals surface area contributed by atoms with E-state index in [4.69, 9.17) is 0 Å². The molecule has 4 aromatic rings. The van der Waals surface area contributed by atoms with Crippen molar-refractivity contribution in [3.05, 3.63) is 76.1 Å². The molecule has 0 spiro atoms. The predicted molar refractivity (Wildman–Crippen MR) is 166 cm³/mol. The Hall–Kier alpha value is -4.62. The fourth-order valence-electron chi connectivity index (χ4n) is 6.81. The maximum Gasteiger partial charge on any atom is 0.452 e. The Balaban J connectivity index is 1.46. The third-order valence-electron chi connectivity index (χ3n) is 9.49. The highest BCUT2D eigenvalue weighted by Gasteiger charge is 2.43. The van der Waals surface area contributed by atoms with Gasteiger partial charge in [0, 0.05) is 55.9 Å². The number of carbonyl (C=O) groups is 1. The number of piperidine rings is 1. The first-order valence-electron chi connectivity index (χ1n) is 15.3. The number of aliphatic carboxylic acids is 1. The number of anilines is 1. The summed E-state index contributed by atoms with van der Waals surface area (Å²) in [6, 6.07) is 6.33. The van der Waals surface area contributed by atoms with Crippen molar-refractivity contribution < 1.29 is 31.5 Å². The molecule has 2 unspecified atom stereocenters. The number of alkyl halides is 3. The highest BCUT2D eigenvalue weighted by molar-refractivity contribution is 7.89. The molecule has 1 N–H and O–H groups in total. The van der Waals surface area contributed by atoms with E-state index >= 15 is 0 Å². The molecule has 0 amide bonds. The number of hydrogen-bond acceptors (Lipinski definition) is 9. The largest absolute Gasteiger partial charge is 0.481 e. The van der Waals surface area contributed by atoms with Gasteiger partial charge in [0.25, 0.3) is 0 Å². The molecular weight excluding hydrogens is 649 g/mol. The number of carboxylic acids is 1. The lowest BCUT2D eigenvalue weighted by Gasteiger charge is -2.36. The normalized spacial score (nSPS) is 18.9. The molecule has 0 bridgehead atoms. The van der Waals surface area contributed by atoms with Gasteiger partial charge >= 0.3 is 12.1 Å². The van der Waals surface area contributed by atoms with Gasteiger partial charge in [-0.05, 0) is 81.3 Å². The van der Waals surface area contributed by atoms with E-state index in [-0.39, 0.29) is 35.2 Å². The van der Waals surface area contributed by atoms with Crippen molar-refractivity contribution in [2.75, 3.05) is 18.0 Å². The summed E-state index contributed by atoms with van der Waals surface area (Å²) in [6.45, 7) is 7.02. The number of rotatable bonds is 6. The summed E-state index contributed by atoms with van der Waals surface area (Å²) in [5.41, 5.74) is 0.777. The second kappa shape index (κ2) is 11.8. The minimum Gasteiger partial charge on any atom is -0.481 e. The number of nitrogens with zero attached hydrogens (tertiary/aromatic N) is 8. The lowest BCUT2D eigenvalue weighted by atomic mass is 9.70. The second-order valence-electron chi connectivity index (χ2n) is 12.9. The van der Waals surface area contributed by atoms with Crippen molar-refractivity contribution in [3.8, 4) is 6.07 Å². The van der Waals surface area contributed by atoms with Crippen LogP contribution in [-0.4, -0.2) is 67.5 Å². The monoisotopic (exact) mass is 682 g/mol. The van der Waals surface area contributed by atoms with Gasteiger partial charge in [0.05, 0.1) is 11.0 Å². The lowest BCUT2D eigenvalue weighted by Crippen LogP contribution is -2.45. The van der Waals surface area contributed by atoms with Crippen LogP contribution in [0.25, 0.3) is 5.65 Å². The van der Waals surface area contributed by atoms with Crippen LogP contribution in [0.4, 0.5) is 19.0 Å². The van der Waals surface area contributed by atoms with E-state index < -0.39 is 39.3 Å². The van der Waals surface area contributed by atoms with E-state index in [2.05, 4.69) is 20.2 Å². The Labute approximate surface area is 274 Å². The van der Waals surface area contributed by atoms with Gasteiger partial charge in [0.2, 0.25) is 15.8 Å². The Morgan fingerprint density at radius 2 is 1.90 bits per heavy atom. The molecular formula is C32H33F3N8O4S. The SMILES string of the molecule is Cc1ncc(C(c2ccn3c(C(F)(F)F)nnc3c2C)C(C)(C)C(=O)O)cc1CN1CC2CCCCN2c2ncc(C#N)cc2S1(=O)=O. The molecule has 6 heterocycles. The molecule has 1 fully saturated rings. The predicted octanol–water partition coefficient (Wildman–Crippen LogP) is 4.83. The van der Waals surface area contributed by atoms with Gasteiger partial charge < -0.3 is 10.0 Å². The number of sulfonamides is 1. The van der Waals surface area contributed by atoms with E-state index in [9.17, 15) is 36.8 Å². The van der Waals surface area contributed by atoms with E-state index in [1.807, 2.05) is 11.0 Å². The molecule has 6 rings (SSSR count). The number of hydrogen-bond donors (Lipinski definition) is 1. The average Bonchev–Trinajstić information content (AvgIpc) is 3.46. The quantitative estimate of drug-likeness (QED) is 0.299. The first-order chi connectivity index (χ1) is 22.5. The Morgan fingerprint density at radius 1 is 1.15 bits per heavy atom. The van der Waals surface area contributed by atoms with Crippen molar-refractivity contribution in [1.29, 1.82) is 5.26 Å². The summed E-state index contributed by atoms with van der Waals surface area (Å²) >= 11 is 0. The topological polar surface area (TPSA) is 158 Å². The maximum atomic E-state index is 14.2. The van der Waals surface area contributed by atoms with Crippen molar-refractivity contribution in [1.82, 2.24) is 28.9 Å². The van der Waals surface area contributed by atoms with Crippen molar-refractivity contribution in [3.63, 3.8) is 0 Å². The number of fused-ring (bicyclic) bond motifs is 4. The first kappa shape index (κ1) is 33.3. The zero-order chi connectivity index (χ0) is 34.8. The van der Waals surface area contributed by atoms with Crippen LogP contribution in [0, 0.1) is 30.6 Å². The molecule has 0 aromatic carbocycles. The van der Waals surface area contributed by atoms with Gasteiger partial charge in [0.1, 0.15) is 16.8 Å². The Bertz CT molecular complexity index is 2090. The van der Waals surface area contributed by atoms with E-state index in [1.54, 1.807) is 19.9 Å². The van der Waals surface area contributed by atoms with Gasteiger partial charge in [-0.15, -0.1) is 10.2 Å². The van der Waals surface area contributed by atoms with Gasteiger partial charge in [-0.3, -0.25) is 14.2 Å². The van der Waals surface area contributed by atoms with Crippen LogP contribution in [0.15, 0.2) is 41.7 Å². The summed E-state index contributed by atoms with van der Waals surface area (Å²) in [7, 11) is -4.15. The van der Waals surface area contributed by atoms with E-state index in [0.29, 0.717) is 40.3 Å². The smallest absolute Gasteiger partial charge is 0.452 e. The first-order valence-corrected chi connectivity index (χ1v) is 16.8. The molecule has 12 nitrogen and oxygen atoms in total. The van der Waals surface area contributed by atoms with Crippen LogP contribution in [0.3, 0.4) is 0 Å². The number of halogens is 3. The Kier molecular flexibility index (Phi) is 8.19. The van der Waals surface area contributed by atoms with Gasteiger partial charge in [-0.2, -0.15) is 22.7 Å². The van der Waals surface area contributed by atoms with Gasteiger partial charge in [-0.25, -0.2) is 13.4 Å². The molecule has 1 saturated heterocycles. The highest BCUT2D eigenvalue weighted by atomic mass is 32.2. The molecule has 2 atom stereocenters. The molecule has 252 valence electrons. The van der Waals surface area contributed by atoms with Crippen LogP contribution >= 0.6 is 0 Å². The molecule has 2 aliphatic heterocycles. The second-order valence-corrected chi connectivity index (χ2v) is 14.8. The zero-order valence-corrected chi connectivity index (χ0v) is 27.5. The van der Waals surface area contributed by atoms with Crippen LogP contribution in [-0.2, 0) is 27.5 Å². The van der Waals surface area contributed by atoms with Crippen molar-refractivity contribution in [2.45, 2.75) is 76.5 Å². The van der Waals surface area contributed by atoms with Crippen molar-refractivity contribution in [2.24, 2.45) is 5.41 Å². The molecule has 16 heteroatoms. The molecule has 48 heavy (non-hydrogen) atoms. The summed E-state index contributed by atoms with van der Waals surface area (Å²) in [5.74, 6) is -2.96. The molecule has 0 saturated carbocycles. The average molecular weight is 683 g/mol. The fourth-order valence-corrected chi connectivity index (χ4v) is 8.44. The minimum atomic E-state index is -4.75. The zero-order valence-electron chi connectivity index (χ0n) is 26.7. The Morgan fingerprint density at radius 3 is 2.58 bits per heavy atom. The number of aryl methyl sites for hydroxylation is 2.